The summed E-state index contributed by atoms with van der Waals surface area (Å²) in [5.41, 5.74) is 0.0925. The van der Waals surface area contributed by atoms with Crippen LogP contribution >= 0.6 is 11.6 Å². The number of halogens is 1. The summed E-state index contributed by atoms with van der Waals surface area (Å²) in [4.78, 5) is 0. The molecule has 0 radical (unpaired) electrons. The van der Waals surface area contributed by atoms with Gasteiger partial charge in [-0.05, 0) is 0 Å². The van der Waals surface area contributed by atoms with E-state index in [1.165, 1.54) is 0 Å². The standard InChI is InChI=1S/C15H17ClO5/c1-17-11-7-15(14(16)21-15)12-10(19-11)8-18-13(20-12)9-5-3-2-4-6-9/h2-6,10-14H,7-8H2,1H3/t10-,11+,12-,13?,14-,15-/m1/s1. The van der Waals surface area contributed by atoms with Crippen LogP contribution in [-0.2, 0) is 23.7 Å². The molecule has 3 fully saturated rings. The first-order valence-electron chi connectivity index (χ1n) is 7.05. The molecule has 1 spiro atoms. The molecule has 6 atom stereocenters. The quantitative estimate of drug-likeness (QED) is 0.619. The van der Waals surface area contributed by atoms with Crippen molar-refractivity contribution in [2.45, 2.75) is 42.4 Å². The number of benzene rings is 1. The zero-order chi connectivity index (χ0) is 14.4. The van der Waals surface area contributed by atoms with E-state index in [0.29, 0.717) is 13.0 Å². The molecule has 3 aliphatic rings. The molecule has 3 heterocycles. The van der Waals surface area contributed by atoms with Gasteiger partial charge in [0, 0.05) is 19.1 Å². The average molecular weight is 313 g/mol. The topological polar surface area (TPSA) is 49.5 Å². The summed E-state index contributed by atoms with van der Waals surface area (Å²) < 4.78 is 28.7. The first-order chi connectivity index (χ1) is 10.2. The lowest BCUT2D eigenvalue weighted by atomic mass is 9.91. The van der Waals surface area contributed by atoms with Crippen molar-refractivity contribution in [3.8, 4) is 0 Å². The molecule has 3 saturated heterocycles. The van der Waals surface area contributed by atoms with E-state index >= 15 is 0 Å². The van der Waals surface area contributed by atoms with Gasteiger partial charge in [-0.1, -0.05) is 41.9 Å². The van der Waals surface area contributed by atoms with Crippen LogP contribution in [0, 0.1) is 0 Å². The summed E-state index contributed by atoms with van der Waals surface area (Å²) in [7, 11) is 1.61. The van der Waals surface area contributed by atoms with E-state index in [1.54, 1.807) is 7.11 Å². The predicted octanol–water partition coefficient (Wildman–Crippen LogP) is 2.20. The molecule has 114 valence electrons. The van der Waals surface area contributed by atoms with Gasteiger partial charge in [0.25, 0.3) is 0 Å². The van der Waals surface area contributed by atoms with Gasteiger partial charge in [-0.3, -0.25) is 0 Å². The summed E-state index contributed by atoms with van der Waals surface area (Å²) in [6.45, 7) is 0.429. The van der Waals surface area contributed by atoms with Crippen molar-refractivity contribution < 1.29 is 23.7 Å². The molecule has 0 aliphatic carbocycles. The van der Waals surface area contributed by atoms with Gasteiger partial charge in [-0.2, -0.15) is 0 Å². The fourth-order valence-electron chi connectivity index (χ4n) is 3.11. The van der Waals surface area contributed by atoms with Crippen LogP contribution in [0.1, 0.15) is 18.3 Å². The molecule has 4 rings (SSSR count). The van der Waals surface area contributed by atoms with Crippen LogP contribution in [0.2, 0.25) is 0 Å². The van der Waals surface area contributed by atoms with E-state index in [0.717, 1.165) is 5.56 Å². The van der Waals surface area contributed by atoms with Gasteiger partial charge >= 0.3 is 0 Å². The molecular formula is C15H17ClO5. The number of hydrogen-bond donors (Lipinski definition) is 0. The molecule has 21 heavy (non-hydrogen) atoms. The summed E-state index contributed by atoms with van der Waals surface area (Å²) in [5, 5.41) is 0. The minimum atomic E-state index is -0.526. The Morgan fingerprint density at radius 2 is 2.00 bits per heavy atom. The molecule has 0 bridgehead atoms. The Balaban J connectivity index is 1.56. The van der Waals surface area contributed by atoms with Crippen molar-refractivity contribution in [2.24, 2.45) is 0 Å². The van der Waals surface area contributed by atoms with E-state index in [-0.39, 0.29) is 24.1 Å². The number of hydrogen-bond acceptors (Lipinski definition) is 5. The Bertz CT molecular complexity index is 512. The summed E-state index contributed by atoms with van der Waals surface area (Å²) in [5.74, 6) is 0. The zero-order valence-corrected chi connectivity index (χ0v) is 12.4. The predicted molar refractivity (Wildman–Crippen MR) is 73.8 cm³/mol. The molecule has 0 amide bonds. The van der Waals surface area contributed by atoms with Crippen LogP contribution in [-0.4, -0.2) is 43.4 Å². The van der Waals surface area contributed by atoms with Crippen molar-refractivity contribution in [1.29, 1.82) is 0 Å². The minimum Gasteiger partial charge on any atom is -0.356 e. The third-order valence-corrected chi connectivity index (χ3v) is 4.76. The number of methoxy groups -OCH3 is 1. The van der Waals surface area contributed by atoms with Gasteiger partial charge < -0.3 is 23.7 Å². The van der Waals surface area contributed by atoms with E-state index in [4.69, 9.17) is 35.3 Å². The minimum absolute atomic E-state index is 0.229. The summed E-state index contributed by atoms with van der Waals surface area (Å²) >= 11 is 6.20. The lowest BCUT2D eigenvalue weighted by molar-refractivity contribution is -0.329. The van der Waals surface area contributed by atoms with Crippen molar-refractivity contribution in [1.82, 2.24) is 0 Å². The van der Waals surface area contributed by atoms with Gasteiger partial charge in [-0.15, -0.1) is 0 Å². The van der Waals surface area contributed by atoms with E-state index in [9.17, 15) is 0 Å². The smallest absolute Gasteiger partial charge is 0.184 e. The average Bonchev–Trinajstić information content (AvgIpc) is 3.17. The number of rotatable bonds is 2. The van der Waals surface area contributed by atoms with Gasteiger partial charge in [0.2, 0.25) is 0 Å². The number of fused-ring (bicyclic) bond motifs is 2. The molecule has 0 N–H and O–H groups in total. The molecule has 3 aliphatic heterocycles. The fourth-order valence-corrected chi connectivity index (χ4v) is 3.49. The van der Waals surface area contributed by atoms with E-state index in [1.807, 2.05) is 30.3 Å². The van der Waals surface area contributed by atoms with Crippen LogP contribution in [0.3, 0.4) is 0 Å². The highest BCUT2D eigenvalue weighted by Gasteiger charge is 2.68. The lowest BCUT2D eigenvalue weighted by Gasteiger charge is -2.44. The van der Waals surface area contributed by atoms with Crippen molar-refractivity contribution >= 4 is 11.6 Å². The Morgan fingerprint density at radius 3 is 2.67 bits per heavy atom. The highest BCUT2D eigenvalue weighted by atomic mass is 35.5. The molecule has 5 nitrogen and oxygen atoms in total. The highest BCUT2D eigenvalue weighted by Crippen LogP contribution is 2.53. The van der Waals surface area contributed by atoms with Crippen molar-refractivity contribution in [3.05, 3.63) is 35.9 Å². The molecule has 6 heteroatoms. The fraction of sp³-hybridized carbons (Fsp3) is 0.600. The van der Waals surface area contributed by atoms with Gasteiger partial charge in [-0.25, -0.2) is 0 Å². The van der Waals surface area contributed by atoms with Crippen LogP contribution in [0.25, 0.3) is 0 Å². The molecular weight excluding hydrogens is 296 g/mol. The first-order valence-corrected chi connectivity index (χ1v) is 7.49. The van der Waals surface area contributed by atoms with Crippen LogP contribution in [0.4, 0.5) is 0 Å². The largest absolute Gasteiger partial charge is 0.356 e. The Hall–Kier alpha value is -0.690. The molecule has 1 aromatic carbocycles. The number of ether oxygens (including phenoxy) is 5. The second-order valence-electron chi connectivity index (χ2n) is 5.57. The Labute approximate surface area is 128 Å². The van der Waals surface area contributed by atoms with Gasteiger partial charge in [0.05, 0.1) is 6.61 Å². The Kier molecular flexibility index (Phi) is 3.45. The Morgan fingerprint density at radius 1 is 1.24 bits per heavy atom. The third-order valence-electron chi connectivity index (χ3n) is 4.30. The van der Waals surface area contributed by atoms with Crippen molar-refractivity contribution in [2.75, 3.05) is 13.7 Å². The third kappa shape index (κ3) is 2.29. The molecule has 0 aromatic heterocycles. The molecule has 1 aromatic rings. The second kappa shape index (κ2) is 5.19. The second-order valence-corrected chi connectivity index (χ2v) is 5.96. The monoisotopic (exact) mass is 312 g/mol. The number of alkyl halides is 1. The maximum absolute atomic E-state index is 6.20. The van der Waals surface area contributed by atoms with Crippen molar-refractivity contribution in [3.63, 3.8) is 0 Å². The molecule has 1 unspecified atom stereocenters. The summed E-state index contributed by atoms with van der Waals surface area (Å²) in [6, 6.07) is 9.83. The highest BCUT2D eigenvalue weighted by molar-refractivity contribution is 6.22. The maximum atomic E-state index is 6.20. The van der Waals surface area contributed by atoms with Crippen LogP contribution in [0.5, 0.6) is 0 Å². The SMILES string of the molecule is CO[C@@H]1C[C@@]2(O[C@H]2Cl)[C@@H]2OC(c3ccccc3)OC[C@H]2O1. The molecule has 0 saturated carbocycles. The first kappa shape index (κ1) is 13.9. The zero-order valence-electron chi connectivity index (χ0n) is 11.6. The lowest BCUT2D eigenvalue weighted by Crippen LogP contribution is -2.57. The van der Waals surface area contributed by atoms with Gasteiger partial charge in [0.15, 0.2) is 18.1 Å². The van der Waals surface area contributed by atoms with Gasteiger partial charge in [0.1, 0.15) is 17.8 Å². The van der Waals surface area contributed by atoms with E-state index < -0.39 is 11.9 Å². The normalized spacial score (nSPS) is 45.3. The van der Waals surface area contributed by atoms with Crippen LogP contribution in [0.15, 0.2) is 30.3 Å². The van der Waals surface area contributed by atoms with Crippen LogP contribution < -0.4 is 0 Å². The maximum Gasteiger partial charge on any atom is 0.184 e. The summed E-state index contributed by atoms with van der Waals surface area (Å²) in [6.07, 6.45) is -0.659. The van der Waals surface area contributed by atoms with E-state index in [2.05, 4.69) is 0 Å². The number of epoxide rings is 1.